The molecule has 0 amide bonds. The minimum atomic E-state index is 0.469. The first-order chi connectivity index (χ1) is 5.27. The highest BCUT2D eigenvalue weighted by Gasteiger charge is 2.00. The van der Waals surface area contributed by atoms with Crippen LogP contribution in [-0.4, -0.2) is 9.97 Å². The maximum absolute atomic E-state index is 5.81. The van der Waals surface area contributed by atoms with Gasteiger partial charge >= 0.3 is 0 Å². The van der Waals surface area contributed by atoms with Gasteiger partial charge in [0.1, 0.15) is 5.15 Å². The topological polar surface area (TPSA) is 28.7 Å². The van der Waals surface area contributed by atoms with Crippen LogP contribution in [0.15, 0.2) is 18.5 Å². The van der Waals surface area contributed by atoms with Crippen molar-refractivity contribution >= 4 is 34.1 Å². The molecule has 11 heavy (non-hydrogen) atoms. The molecule has 2 aromatic rings. The van der Waals surface area contributed by atoms with E-state index in [1.807, 2.05) is 0 Å². The first-order valence-corrected chi connectivity index (χ1v) is 3.81. The summed E-state index contributed by atoms with van der Waals surface area (Å²) >= 11 is 11.5. The summed E-state index contributed by atoms with van der Waals surface area (Å²) in [6.45, 7) is 0. The lowest BCUT2D eigenvalue weighted by Gasteiger charge is -1.89. The molecule has 2 rings (SSSR count). The number of hydrogen-bond acceptors (Lipinski definition) is 1. The molecule has 2 nitrogen and oxygen atoms in total. The fourth-order valence-corrected chi connectivity index (χ4v) is 1.32. The van der Waals surface area contributed by atoms with Gasteiger partial charge in [0.25, 0.3) is 0 Å². The Morgan fingerprint density at radius 2 is 2.18 bits per heavy atom. The van der Waals surface area contributed by atoms with Crippen molar-refractivity contribution in [1.82, 2.24) is 9.97 Å². The highest BCUT2D eigenvalue weighted by Crippen LogP contribution is 2.23. The molecule has 0 saturated carbocycles. The standard InChI is InChI=1S/C7H4Cl2N2/c8-5-3-10-6-1-7(9)11-2-4(5)6/h1-3,10H. The van der Waals surface area contributed by atoms with Crippen LogP contribution in [0, 0.1) is 0 Å². The van der Waals surface area contributed by atoms with E-state index in [1.165, 1.54) is 0 Å². The van der Waals surface area contributed by atoms with Gasteiger partial charge in [-0.05, 0) is 6.07 Å². The normalized spacial score (nSPS) is 10.7. The molecule has 0 unspecified atom stereocenters. The van der Waals surface area contributed by atoms with E-state index in [2.05, 4.69) is 9.97 Å². The number of aromatic nitrogens is 2. The number of halogens is 2. The summed E-state index contributed by atoms with van der Waals surface area (Å²) in [6, 6.07) is 1.74. The molecule has 0 aliphatic rings. The van der Waals surface area contributed by atoms with Gasteiger partial charge in [-0.25, -0.2) is 4.98 Å². The molecular weight excluding hydrogens is 183 g/mol. The Balaban J connectivity index is 2.86. The van der Waals surface area contributed by atoms with E-state index in [1.54, 1.807) is 18.5 Å². The number of nitrogens with zero attached hydrogens (tertiary/aromatic N) is 1. The van der Waals surface area contributed by atoms with Crippen LogP contribution in [0.5, 0.6) is 0 Å². The third-order valence-corrected chi connectivity index (χ3v) is 2.00. The first-order valence-electron chi connectivity index (χ1n) is 3.05. The molecule has 0 fully saturated rings. The Bertz CT molecular complexity index is 394. The SMILES string of the molecule is Clc1cc2[nH]cc(Cl)c2cn1. The zero-order valence-electron chi connectivity index (χ0n) is 5.44. The van der Waals surface area contributed by atoms with Crippen LogP contribution in [0.3, 0.4) is 0 Å². The predicted molar refractivity (Wildman–Crippen MR) is 46.1 cm³/mol. The zero-order valence-corrected chi connectivity index (χ0v) is 6.95. The van der Waals surface area contributed by atoms with Gasteiger partial charge in [0.2, 0.25) is 0 Å². The van der Waals surface area contributed by atoms with E-state index < -0.39 is 0 Å². The quantitative estimate of drug-likeness (QED) is 0.631. The van der Waals surface area contributed by atoms with Crippen LogP contribution >= 0.6 is 23.2 Å². The van der Waals surface area contributed by atoms with Gasteiger partial charge in [-0.15, -0.1) is 0 Å². The fourth-order valence-electron chi connectivity index (χ4n) is 0.958. The summed E-state index contributed by atoms with van der Waals surface area (Å²) in [5, 5.41) is 2.04. The van der Waals surface area contributed by atoms with Crippen LogP contribution in [0.1, 0.15) is 0 Å². The Kier molecular flexibility index (Phi) is 1.51. The summed E-state index contributed by atoms with van der Waals surface area (Å²) in [6.07, 6.45) is 3.36. The zero-order chi connectivity index (χ0) is 7.84. The van der Waals surface area contributed by atoms with Crippen molar-refractivity contribution in [3.63, 3.8) is 0 Å². The van der Waals surface area contributed by atoms with Crippen molar-refractivity contribution in [3.05, 3.63) is 28.6 Å². The molecular formula is C7H4Cl2N2. The van der Waals surface area contributed by atoms with Gasteiger partial charge in [-0.3, -0.25) is 0 Å². The highest BCUT2D eigenvalue weighted by atomic mass is 35.5. The van der Waals surface area contributed by atoms with Gasteiger partial charge in [-0.2, -0.15) is 0 Å². The summed E-state index contributed by atoms with van der Waals surface area (Å²) < 4.78 is 0. The molecule has 0 atom stereocenters. The summed E-state index contributed by atoms with van der Waals surface area (Å²) in [7, 11) is 0. The molecule has 0 aliphatic heterocycles. The lowest BCUT2D eigenvalue weighted by molar-refractivity contribution is 1.35. The van der Waals surface area contributed by atoms with Crippen LogP contribution in [-0.2, 0) is 0 Å². The van der Waals surface area contributed by atoms with Gasteiger partial charge in [0.15, 0.2) is 0 Å². The largest absolute Gasteiger partial charge is 0.360 e. The Morgan fingerprint density at radius 1 is 1.36 bits per heavy atom. The van der Waals surface area contributed by atoms with Crippen molar-refractivity contribution in [2.45, 2.75) is 0 Å². The predicted octanol–water partition coefficient (Wildman–Crippen LogP) is 2.87. The highest BCUT2D eigenvalue weighted by molar-refractivity contribution is 6.36. The van der Waals surface area contributed by atoms with Crippen molar-refractivity contribution in [2.24, 2.45) is 0 Å². The lowest BCUT2D eigenvalue weighted by Crippen LogP contribution is -1.73. The Morgan fingerprint density at radius 3 is 3.00 bits per heavy atom. The maximum Gasteiger partial charge on any atom is 0.131 e. The van der Waals surface area contributed by atoms with Gasteiger partial charge in [0, 0.05) is 17.8 Å². The van der Waals surface area contributed by atoms with E-state index in [0.29, 0.717) is 10.2 Å². The molecule has 1 N–H and O–H groups in total. The van der Waals surface area contributed by atoms with E-state index in [-0.39, 0.29) is 0 Å². The van der Waals surface area contributed by atoms with E-state index in [9.17, 15) is 0 Å². The molecule has 4 heteroatoms. The maximum atomic E-state index is 5.81. The van der Waals surface area contributed by atoms with Crippen LogP contribution < -0.4 is 0 Å². The monoisotopic (exact) mass is 186 g/mol. The number of pyridine rings is 1. The number of hydrogen-bond donors (Lipinski definition) is 1. The van der Waals surface area contributed by atoms with Crippen molar-refractivity contribution < 1.29 is 0 Å². The van der Waals surface area contributed by atoms with E-state index in [0.717, 1.165) is 10.9 Å². The van der Waals surface area contributed by atoms with Gasteiger partial charge < -0.3 is 4.98 Å². The molecule has 0 bridgehead atoms. The second-order valence-corrected chi connectivity index (χ2v) is 2.98. The van der Waals surface area contributed by atoms with Crippen molar-refractivity contribution in [1.29, 1.82) is 0 Å². The average Bonchev–Trinajstić information content (AvgIpc) is 2.32. The van der Waals surface area contributed by atoms with Crippen LogP contribution in [0.2, 0.25) is 10.2 Å². The van der Waals surface area contributed by atoms with Crippen molar-refractivity contribution in [3.8, 4) is 0 Å². The minimum Gasteiger partial charge on any atom is -0.360 e. The number of rotatable bonds is 0. The third-order valence-electron chi connectivity index (χ3n) is 1.48. The second kappa shape index (κ2) is 2.40. The van der Waals surface area contributed by atoms with Crippen molar-refractivity contribution in [2.75, 3.05) is 0 Å². The summed E-state index contributed by atoms with van der Waals surface area (Å²) in [4.78, 5) is 6.87. The number of H-pyrrole nitrogens is 1. The first kappa shape index (κ1) is 6.95. The van der Waals surface area contributed by atoms with Gasteiger partial charge in [-0.1, -0.05) is 23.2 Å². The molecule has 0 saturated heterocycles. The van der Waals surface area contributed by atoms with Crippen LogP contribution in [0.4, 0.5) is 0 Å². The fraction of sp³-hybridized carbons (Fsp3) is 0. The summed E-state index contributed by atoms with van der Waals surface area (Å²) in [5.74, 6) is 0. The molecule has 0 aliphatic carbocycles. The average molecular weight is 187 g/mol. The number of aromatic amines is 1. The Labute approximate surface area is 73.1 Å². The van der Waals surface area contributed by atoms with Gasteiger partial charge in [0.05, 0.1) is 10.5 Å². The summed E-state index contributed by atoms with van der Waals surface area (Å²) in [5.41, 5.74) is 0.912. The molecule has 2 heterocycles. The molecule has 0 radical (unpaired) electrons. The Hall–Kier alpha value is -0.730. The molecule has 2 aromatic heterocycles. The third kappa shape index (κ3) is 1.08. The number of fused-ring (bicyclic) bond motifs is 1. The lowest BCUT2D eigenvalue weighted by atomic mass is 10.3. The molecule has 56 valence electrons. The van der Waals surface area contributed by atoms with E-state index >= 15 is 0 Å². The molecule has 0 aromatic carbocycles. The number of nitrogens with one attached hydrogen (secondary N) is 1. The molecule has 0 spiro atoms. The minimum absolute atomic E-state index is 0.469. The smallest absolute Gasteiger partial charge is 0.131 e. The second-order valence-electron chi connectivity index (χ2n) is 2.19. The van der Waals surface area contributed by atoms with Crippen LogP contribution in [0.25, 0.3) is 10.9 Å². The van der Waals surface area contributed by atoms with E-state index in [4.69, 9.17) is 23.2 Å².